The largest absolute Gasteiger partial charge is 0.393 e. The summed E-state index contributed by atoms with van der Waals surface area (Å²) in [5, 5.41) is 14.9. The van der Waals surface area contributed by atoms with Gasteiger partial charge in [0.05, 0.1) is 16.7 Å². The maximum absolute atomic E-state index is 14.8. The SMILES string of the molecule is OC1CC2CCC(C1)N2c1c(-c2c(F)cccc2Cl)c(Cl)nc2ncnn12. The molecule has 5 rings (SSSR count). The number of hydrogen-bond donors (Lipinski definition) is 1. The molecule has 2 aliphatic heterocycles. The monoisotopic (exact) mass is 407 g/mol. The van der Waals surface area contributed by atoms with Gasteiger partial charge >= 0.3 is 0 Å². The van der Waals surface area contributed by atoms with E-state index in [0.29, 0.717) is 30.0 Å². The molecule has 27 heavy (non-hydrogen) atoms. The number of fused-ring (bicyclic) bond motifs is 3. The molecule has 0 spiro atoms. The molecule has 2 aromatic heterocycles. The number of rotatable bonds is 2. The van der Waals surface area contributed by atoms with Gasteiger partial charge in [0.15, 0.2) is 0 Å². The van der Waals surface area contributed by atoms with Crippen LogP contribution in [0.1, 0.15) is 25.7 Å². The Labute approximate surface area is 164 Å². The van der Waals surface area contributed by atoms with Gasteiger partial charge < -0.3 is 10.0 Å². The molecule has 2 bridgehead atoms. The number of hydrogen-bond acceptors (Lipinski definition) is 5. The van der Waals surface area contributed by atoms with Gasteiger partial charge in [0, 0.05) is 17.6 Å². The number of nitrogens with zero attached hydrogens (tertiary/aromatic N) is 5. The van der Waals surface area contributed by atoms with Crippen LogP contribution in [0.4, 0.5) is 10.2 Å². The van der Waals surface area contributed by atoms with Crippen molar-refractivity contribution in [3.8, 4) is 11.1 Å². The number of benzene rings is 1. The Balaban J connectivity index is 1.82. The smallest absolute Gasteiger partial charge is 0.255 e. The van der Waals surface area contributed by atoms with Crippen LogP contribution in [0.3, 0.4) is 0 Å². The predicted octanol–water partition coefficient (Wildman–Crippen LogP) is 3.73. The summed E-state index contributed by atoms with van der Waals surface area (Å²) in [7, 11) is 0. The van der Waals surface area contributed by atoms with E-state index in [1.807, 2.05) is 0 Å². The van der Waals surface area contributed by atoms with E-state index in [2.05, 4.69) is 20.0 Å². The van der Waals surface area contributed by atoms with E-state index >= 15 is 0 Å². The van der Waals surface area contributed by atoms with Crippen LogP contribution in [0, 0.1) is 5.82 Å². The van der Waals surface area contributed by atoms with Gasteiger partial charge in [0.25, 0.3) is 5.78 Å². The normalized spacial score (nSPS) is 24.7. The molecule has 0 amide bonds. The quantitative estimate of drug-likeness (QED) is 0.655. The zero-order valence-corrected chi connectivity index (χ0v) is 15.7. The van der Waals surface area contributed by atoms with Gasteiger partial charge in [-0.15, -0.1) is 0 Å². The minimum Gasteiger partial charge on any atom is -0.393 e. The molecule has 6 nitrogen and oxygen atoms in total. The van der Waals surface area contributed by atoms with E-state index < -0.39 is 5.82 Å². The number of anilines is 1. The first-order valence-corrected chi connectivity index (χ1v) is 9.60. The van der Waals surface area contributed by atoms with E-state index in [1.54, 1.807) is 16.6 Å². The molecule has 2 fully saturated rings. The molecular weight excluding hydrogens is 392 g/mol. The minimum absolute atomic E-state index is 0.119. The van der Waals surface area contributed by atoms with Crippen molar-refractivity contribution in [1.29, 1.82) is 0 Å². The van der Waals surface area contributed by atoms with Crippen molar-refractivity contribution in [2.24, 2.45) is 0 Å². The summed E-state index contributed by atoms with van der Waals surface area (Å²) >= 11 is 12.9. The number of aliphatic hydroxyl groups excluding tert-OH is 1. The summed E-state index contributed by atoms with van der Waals surface area (Å²) in [6, 6.07) is 4.77. The molecule has 0 saturated carbocycles. The third kappa shape index (κ3) is 2.60. The molecule has 4 heterocycles. The standard InChI is InChI=1S/C18H16Cl2FN5O/c19-12-2-1-3-13(21)14(12)15-16(20)24-18-22-8-23-26(18)17(15)25-9-4-5-10(25)7-11(27)6-9/h1-3,8-11,27H,4-7H2. The second-order valence-electron chi connectivity index (χ2n) is 7.09. The summed E-state index contributed by atoms with van der Waals surface area (Å²) in [6.45, 7) is 0. The second kappa shape index (κ2) is 6.29. The topological polar surface area (TPSA) is 66.5 Å². The zero-order valence-electron chi connectivity index (χ0n) is 14.2. The Morgan fingerprint density at radius 3 is 2.56 bits per heavy atom. The maximum Gasteiger partial charge on any atom is 0.255 e. The molecule has 0 radical (unpaired) electrons. The molecule has 2 aliphatic rings. The molecule has 1 N–H and O–H groups in total. The average molecular weight is 408 g/mol. The van der Waals surface area contributed by atoms with Gasteiger partial charge in [-0.1, -0.05) is 29.3 Å². The molecule has 3 aromatic rings. The van der Waals surface area contributed by atoms with E-state index in [-0.39, 0.29) is 33.9 Å². The Hall–Kier alpha value is -1.96. The Morgan fingerprint density at radius 2 is 1.85 bits per heavy atom. The molecule has 2 unspecified atom stereocenters. The number of halogens is 3. The average Bonchev–Trinajstić information content (AvgIpc) is 3.17. The van der Waals surface area contributed by atoms with Crippen LogP contribution in [0.25, 0.3) is 16.9 Å². The highest BCUT2D eigenvalue weighted by Gasteiger charge is 2.43. The summed E-state index contributed by atoms with van der Waals surface area (Å²) in [6.07, 6.45) is 4.26. The molecule has 0 aliphatic carbocycles. The van der Waals surface area contributed by atoms with Crippen molar-refractivity contribution in [1.82, 2.24) is 19.6 Å². The van der Waals surface area contributed by atoms with Crippen molar-refractivity contribution in [2.45, 2.75) is 43.9 Å². The maximum atomic E-state index is 14.8. The van der Waals surface area contributed by atoms with Crippen LogP contribution < -0.4 is 4.90 Å². The van der Waals surface area contributed by atoms with Gasteiger partial charge in [-0.3, -0.25) is 0 Å². The van der Waals surface area contributed by atoms with Crippen molar-refractivity contribution < 1.29 is 9.50 Å². The van der Waals surface area contributed by atoms with Gasteiger partial charge in [-0.05, 0) is 37.8 Å². The van der Waals surface area contributed by atoms with E-state index in [4.69, 9.17) is 23.2 Å². The van der Waals surface area contributed by atoms with Crippen LogP contribution in [0.5, 0.6) is 0 Å². The highest BCUT2D eigenvalue weighted by atomic mass is 35.5. The molecule has 140 valence electrons. The predicted molar refractivity (Wildman–Crippen MR) is 101 cm³/mol. The highest BCUT2D eigenvalue weighted by Crippen LogP contribution is 2.46. The minimum atomic E-state index is -0.476. The van der Waals surface area contributed by atoms with Crippen LogP contribution in [-0.2, 0) is 0 Å². The lowest BCUT2D eigenvalue weighted by Gasteiger charge is -2.39. The first-order valence-electron chi connectivity index (χ1n) is 8.84. The zero-order chi connectivity index (χ0) is 18.7. The summed E-state index contributed by atoms with van der Waals surface area (Å²) in [4.78, 5) is 10.6. The molecule has 2 atom stereocenters. The Bertz CT molecular complexity index is 1010. The fraction of sp³-hybridized carbons (Fsp3) is 0.389. The fourth-order valence-corrected chi connectivity index (χ4v) is 5.00. The lowest BCUT2D eigenvalue weighted by Crippen LogP contribution is -2.46. The van der Waals surface area contributed by atoms with Crippen molar-refractivity contribution in [3.63, 3.8) is 0 Å². The molecule has 1 aromatic carbocycles. The molecular formula is C18H16Cl2FN5O. The van der Waals surface area contributed by atoms with Crippen LogP contribution in [-0.4, -0.2) is 42.9 Å². The molecule has 9 heteroatoms. The van der Waals surface area contributed by atoms with Crippen molar-refractivity contribution in [3.05, 3.63) is 40.5 Å². The third-order valence-electron chi connectivity index (χ3n) is 5.52. The number of piperidine rings is 1. The summed E-state index contributed by atoms with van der Waals surface area (Å²) in [5.74, 6) is 0.502. The number of aromatic nitrogens is 4. The van der Waals surface area contributed by atoms with E-state index in [0.717, 1.165) is 12.8 Å². The second-order valence-corrected chi connectivity index (χ2v) is 7.85. The van der Waals surface area contributed by atoms with Gasteiger partial charge in [0.2, 0.25) is 0 Å². The Kier molecular flexibility index (Phi) is 4.00. The van der Waals surface area contributed by atoms with Gasteiger partial charge in [-0.25, -0.2) is 4.39 Å². The summed E-state index contributed by atoms with van der Waals surface area (Å²) in [5.41, 5.74) is 0.612. The molecule has 2 saturated heterocycles. The van der Waals surface area contributed by atoms with Crippen LogP contribution in [0.15, 0.2) is 24.5 Å². The van der Waals surface area contributed by atoms with E-state index in [1.165, 1.54) is 12.4 Å². The Morgan fingerprint density at radius 1 is 1.11 bits per heavy atom. The van der Waals surface area contributed by atoms with Gasteiger partial charge in [-0.2, -0.15) is 19.6 Å². The third-order valence-corrected chi connectivity index (χ3v) is 6.11. The van der Waals surface area contributed by atoms with E-state index in [9.17, 15) is 9.50 Å². The number of aliphatic hydroxyl groups is 1. The van der Waals surface area contributed by atoms with Crippen molar-refractivity contribution >= 4 is 34.8 Å². The highest BCUT2D eigenvalue weighted by molar-refractivity contribution is 6.36. The lowest BCUT2D eigenvalue weighted by molar-refractivity contribution is 0.126. The van der Waals surface area contributed by atoms with Gasteiger partial charge in [0.1, 0.15) is 23.1 Å². The lowest BCUT2D eigenvalue weighted by atomic mass is 9.98. The first-order chi connectivity index (χ1) is 13.0. The van der Waals surface area contributed by atoms with Crippen LogP contribution in [0.2, 0.25) is 10.2 Å². The first kappa shape index (κ1) is 17.2. The van der Waals surface area contributed by atoms with Crippen molar-refractivity contribution in [2.75, 3.05) is 4.90 Å². The van der Waals surface area contributed by atoms with Crippen LogP contribution >= 0.6 is 23.2 Å². The fourth-order valence-electron chi connectivity index (χ4n) is 4.49. The summed E-state index contributed by atoms with van der Waals surface area (Å²) < 4.78 is 16.4.